The molecule has 0 saturated heterocycles. The van der Waals surface area contributed by atoms with Crippen LogP contribution in [0, 0.1) is 11.3 Å². The largest absolute Gasteiger partial charge is 0.265 e. The zero-order chi connectivity index (χ0) is 34.7. The van der Waals surface area contributed by atoms with Crippen molar-refractivity contribution >= 4 is 28.0 Å². The number of nitrogens with zero attached hydrogens (tertiary/aromatic N) is 2. The molecule has 9 rings (SSSR count). The van der Waals surface area contributed by atoms with Gasteiger partial charge in [-0.05, 0) is 140 Å². The van der Waals surface area contributed by atoms with E-state index in [-0.39, 0.29) is 5.41 Å². The van der Waals surface area contributed by atoms with Crippen molar-refractivity contribution in [2.75, 3.05) is 0 Å². The van der Waals surface area contributed by atoms with E-state index in [1.54, 1.807) is 16.7 Å². The second-order valence-electron chi connectivity index (χ2n) is 16.1. The third kappa shape index (κ3) is 5.75. The first kappa shape index (κ1) is 31.9. The van der Waals surface area contributed by atoms with E-state index in [4.69, 9.17) is 4.98 Å². The topological polar surface area (TPSA) is 25.8 Å². The molecule has 2 nitrogen and oxygen atoms in total. The first-order valence-corrected chi connectivity index (χ1v) is 18.9. The van der Waals surface area contributed by atoms with Gasteiger partial charge < -0.3 is 0 Å². The molecule has 51 heavy (non-hydrogen) atoms. The summed E-state index contributed by atoms with van der Waals surface area (Å²) in [5, 5.41) is 2.94. The van der Waals surface area contributed by atoms with Crippen LogP contribution < -0.4 is 0 Å². The van der Waals surface area contributed by atoms with Gasteiger partial charge in [-0.1, -0.05) is 118 Å². The lowest BCUT2D eigenvalue weighted by atomic mass is 9.67. The van der Waals surface area contributed by atoms with Crippen LogP contribution in [0.2, 0.25) is 0 Å². The van der Waals surface area contributed by atoms with Crippen LogP contribution in [0.1, 0.15) is 104 Å². The summed E-state index contributed by atoms with van der Waals surface area (Å²) in [6, 6.07) is 26.9. The van der Waals surface area contributed by atoms with E-state index in [9.17, 15) is 0 Å². The second kappa shape index (κ2) is 12.6. The summed E-state index contributed by atoms with van der Waals surface area (Å²) in [6.45, 7) is 9.48. The Kier molecular flexibility index (Phi) is 7.88. The number of aryl methyl sites for hydroxylation is 1. The van der Waals surface area contributed by atoms with Crippen LogP contribution in [-0.2, 0) is 6.42 Å². The quantitative estimate of drug-likeness (QED) is 0.187. The minimum absolute atomic E-state index is 0.186. The van der Waals surface area contributed by atoms with E-state index >= 15 is 0 Å². The lowest BCUT2D eigenvalue weighted by Gasteiger charge is -2.37. The van der Waals surface area contributed by atoms with Crippen molar-refractivity contribution < 1.29 is 0 Å². The van der Waals surface area contributed by atoms with Crippen molar-refractivity contribution in [3.63, 3.8) is 0 Å². The highest BCUT2D eigenvalue weighted by Crippen LogP contribution is 2.52. The normalized spacial score (nSPS) is 22.4. The standard InChI is InChI=1S/C49H46N2/c1-31-27-37(16-19-41(31)46-7-5-6-24-51-46)45-30-44(36-14-12-33(13-15-36)32-8-10-34(11-9-32)35-22-25-50-26-23-35)42-20-17-38-28-40(49(2,3)4)29-39-18-21-43(45)48(42)47(38)39/h5-12,14-17,19-20,22-28,30-31,33,39,41H,13,18,21,29H2,1-4H3. The second-order valence-corrected chi connectivity index (χ2v) is 16.1. The van der Waals surface area contributed by atoms with E-state index in [0.29, 0.717) is 23.7 Å². The molecule has 3 aromatic carbocycles. The molecule has 4 unspecified atom stereocenters. The van der Waals surface area contributed by atoms with Gasteiger partial charge >= 0.3 is 0 Å². The molecule has 0 bridgehead atoms. The van der Waals surface area contributed by atoms with Gasteiger partial charge in [0, 0.05) is 36.1 Å². The van der Waals surface area contributed by atoms with Crippen molar-refractivity contribution in [1.29, 1.82) is 0 Å². The Morgan fingerprint density at radius 3 is 2.31 bits per heavy atom. The zero-order valence-electron chi connectivity index (χ0n) is 30.2. The molecule has 0 spiro atoms. The Bertz CT molecular complexity index is 2290. The van der Waals surface area contributed by atoms with Gasteiger partial charge in [-0.3, -0.25) is 9.97 Å². The summed E-state index contributed by atoms with van der Waals surface area (Å²) in [5.74, 6) is 1.61. The Balaban J connectivity index is 1.13. The Labute approximate surface area is 303 Å². The molecule has 4 aliphatic carbocycles. The molecule has 0 saturated carbocycles. The monoisotopic (exact) mass is 662 g/mol. The van der Waals surface area contributed by atoms with Gasteiger partial charge in [0.05, 0.1) is 0 Å². The maximum atomic E-state index is 4.72. The van der Waals surface area contributed by atoms with Crippen LogP contribution in [0.3, 0.4) is 0 Å². The highest BCUT2D eigenvalue weighted by atomic mass is 14.7. The predicted molar refractivity (Wildman–Crippen MR) is 214 cm³/mol. The van der Waals surface area contributed by atoms with Gasteiger partial charge in [0.15, 0.2) is 0 Å². The van der Waals surface area contributed by atoms with Crippen molar-refractivity contribution in [3.05, 3.63) is 172 Å². The van der Waals surface area contributed by atoms with Crippen LogP contribution in [0.4, 0.5) is 0 Å². The molecule has 0 N–H and O–H groups in total. The molecule has 0 aliphatic heterocycles. The van der Waals surface area contributed by atoms with E-state index < -0.39 is 0 Å². The van der Waals surface area contributed by atoms with Crippen molar-refractivity contribution in [2.24, 2.45) is 11.3 Å². The maximum absolute atomic E-state index is 4.72. The summed E-state index contributed by atoms with van der Waals surface area (Å²) in [5.41, 5.74) is 16.8. The van der Waals surface area contributed by atoms with E-state index in [1.807, 2.05) is 24.7 Å². The minimum Gasteiger partial charge on any atom is -0.265 e. The third-order valence-electron chi connectivity index (χ3n) is 12.0. The minimum atomic E-state index is 0.186. The summed E-state index contributed by atoms with van der Waals surface area (Å²) in [7, 11) is 0. The first-order chi connectivity index (χ1) is 24.8. The van der Waals surface area contributed by atoms with Gasteiger partial charge in [0.1, 0.15) is 0 Å². The molecule has 4 atom stereocenters. The molecular weight excluding hydrogens is 617 g/mol. The summed E-state index contributed by atoms with van der Waals surface area (Å²) < 4.78 is 0. The molecule has 0 fully saturated rings. The summed E-state index contributed by atoms with van der Waals surface area (Å²) in [4.78, 5) is 8.90. The fourth-order valence-electron chi connectivity index (χ4n) is 9.13. The lowest BCUT2D eigenvalue weighted by molar-refractivity contribution is 0.455. The molecule has 252 valence electrons. The lowest BCUT2D eigenvalue weighted by Crippen LogP contribution is -2.21. The van der Waals surface area contributed by atoms with Crippen molar-refractivity contribution in [1.82, 2.24) is 9.97 Å². The maximum Gasteiger partial charge on any atom is 0.0478 e. The number of hydrogen-bond acceptors (Lipinski definition) is 2. The molecule has 2 aromatic heterocycles. The van der Waals surface area contributed by atoms with Crippen LogP contribution in [-0.4, -0.2) is 9.97 Å². The number of allylic oxidation sites excluding steroid dienone is 9. The van der Waals surface area contributed by atoms with Crippen LogP contribution >= 0.6 is 0 Å². The smallest absolute Gasteiger partial charge is 0.0478 e. The van der Waals surface area contributed by atoms with Crippen molar-refractivity contribution in [3.8, 4) is 11.1 Å². The predicted octanol–water partition coefficient (Wildman–Crippen LogP) is 12.7. The summed E-state index contributed by atoms with van der Waals surface area (Å²) in [6.07, 6.45) is 27.3. The van der Waals surface area contributed by atoms with Gasteiger partial charge in [-0.15, -0.1) is 0 Å². The first-order valence-electron chi connectivity index (χ1n) is 18.9. The Morgan fingerprint density at radius 1 is 0.784 bits per heavy atom. The average Bonchev–Trinajstić information content (AvgIpc) is 3.17. The SMILES string of the molecule is CC1C=C(c2cc(C3=CCC(c4ccc(-c5ccncc5)cc4)C=C3)c3ccc4c5c3c2CCC5CC(C(C)(C)C)=C4)C=CC1c1ccccn1. The average molecular weight is 663 g/mol. The molecule has 2 heteroatoms. The highest BCUT2D eigenvalue weighted by Gasteiger charge is 2.34. The number of pyridine rings is 2. The van der Waals surface area contributed by atoms with E-state index in [0.717, 1.165) is 18.5 Å². The Morgan fingerprint density at radius 2 is 1.59 bits per heavy atom. The molecular formula is C49H46N2. The molecule has 0 amide bonds. The summed E-state index contributed by atoms with van der Waals surface area (Å²) >= 11 is 0. The van der Waals surface area contributed by atoms with Gasteiger partial charge in [-0.25, -0.2) is 0 Å². The van der Waals surface area contributed by atoms with Crippen LogP contribution in [0.5, 0.6) is 0 Å². The molecule has 4 aliphatic rings. The Hall–Kier alpha value is -5.08. The van der Waals surface area contributed by atoms with Gasteiger partial charge in [-0.2, -0.15) is 0 Å². The third-order valence-corrected chi connectivity index (χ3v) is 12.0. The van der Waals surface area contributed by atoms with Crippen LogP contribution in [0.25, 0.3) is 39.1 Å². The molecule has 0 radical (unpaired) electrons. The molecule has 5 aromatic rings. The zero-order valence-corrected chi connectivity index (χ0v) is 30.2. The fourth-order valence-corrected chi connectivity index (χ4v) is 9.13. The fraction of sp³-hybridized carbons (Fsp3) is 0.265. The van der Waals surface area contributed by atoms with E-state index in [2.05, 4.69) is 142 Å². The number of rotatable bonds is 5. The van der Waals surface area contributed by atoms with Gasteiger partial charge in [0.2, 0.25) is 0 Å². The van der Waals surface area contributed by atoms with E-state index in [1.165, 1.54) is 68.1 Å². The highest BCUT2D eigenvalue weighted by molar-refractivity contribution is 6.05. The van der Waals surface area contributed by atoms with Crippen molar-refractivity contribution in [2.45, 2.75) is 71.1 Å². The number of hydrogen-bond donors (Lipinski definition) is 0. The number of aromatic nitrogens is 2. The van der Waals surface area contributed by atoms with Crippen LogP contribution in [0.15, 0.2) is 133 Å². The van der Waals surface area contributed by atoms with Gasteiger partial charge in [0.25, 0.3) is 0 Å². The number of benzene rings is 3. The molecule has 2 heterocycles.